The minimum Gasteiger partial charge on any atom is -0.453 e. The molecule has 0 saturated carbocycles. The van der Waals surface area contributed by atoms with Crippen LogP contribution in [0.4, 0.5) is 0 Å². The molecule has 0 bridgehead atoms. The van der Waals surface area contributed by atoms with E-state index in [1.54, 1.807) is 0 Å². The fourth-order valence-electron chi connectivity index (χ4n) is 6.40. The lowest BCUT2D eigenvalue weighted by Crippen LogP contribution is -2.04. The van der Waals surface area contributed by atoms with Crippen LogP contribution in [-0.4, -0.2) is 0 Å². The van der Waals surface area contributed by atoms with Gasteiger partial charge in [-0.3, -0.25) is 0 Å². The zero-order valence-corrected chi connectivity index (χ0v) is 26.8. The van der Waals surface area contributed by atoms with E-state index in [-0.39, 0.29) is 0 Å². The normalized spacial score (nSPS) is 10.6. The number of hydrogen-bond donors (Lipinski definition) is 0. The van der Waals surface area contributed by atoms with Gasteiger partial charge in [-0.15, -0.1) is 0 Å². The summed E-state index contributed by atoms with van der Waals surface area (Å²) in [6.07, 6.45) is 2.98. The Kier molecular flexibility index (Phi) is 9.57. The van der Waals surface area contributed by atoms with Crippen molar-refractivity contribution in [3.63, 3.8) is 0 Å². The van der Waals surface area contributed by atoms with Crippen molar-refractivity contribution in [2.45, 2.75) is 39.5 Å². The largest absolute Gasteiger partial charge is 0.453 e. The van der Waals surface area contributed by atoms with Crippen LogP contribution in [0.15, 0.2) is 133 Å². The second kappa shape index (κ2) is 14.5. The lowest BCUT2D eigenvalue weighted by molar-refractivity contribution is 0.482. The summed E-state index contributed by atoms with van der Waals surface area (Å²) in [6.45, 7) is 4.29. The average Bonchev–Trinajstić information content (AvgIpc) is 3.13. The molecule has 3 nitrogen and oxygen atoms in total. The third-order valence-electron chi connectivity index (χ3n) is 8.74. The summed E-state index contributed by atoms with van der Waals surface area (Å²) in [6, 6.07) is 50.0. The van der Waals surface area contributed by atoms with Gasteiger partial charge in [0.1, 0.15) is 12.1 Å². The van der Waals surface area contributed by atoms with Gasteiger partial charge in [0.05, 0.1) is 11.1 Å². The Morgan fingerprint density at radius 2 is 0.830 bits per heavy atom. The van der Waals surface area contributed by atoms with E-state index in [9.17, 15) is 10.5 Å². The number of hydrogen-bond acceptors (Lipinski definition) is 3. The zero-order valence-electron chi connectivity index (χ0n) is 26.8. The molecule has 0 radical (unpaired) electrons. The number of nitrogens with zero attached hydrogens (tertiary/aromatic N) is 2. The summed E-state index contributed by atoms with van der Waals surface area (Å²) in [7, 11) is 0. The van der Waals surface area contributed by atoms with Crippen LogP contribution < -0.4 is 4.74 Å². The lowest BCUT2D eigenvalue weighted by atomic mass is 9.88. The van der Waals surface area contributed by atoms with Crippen LogP contribution in [0.25, 0.3) is 22.3 Å². The highest BCUT2D eigenvalue weighted by atomic mass is 16.5. The first-order valence-corrected chi connectivity index (χ1v) is 16.2. The number of benzene rings is 6. The molecule has 0 aliphatic rings. The Hall–Kier alpha value is -5.90. The Bertz CT molecular complexity index is 1950. The highest BCUT2D eigenvalue weighted by Gasteiger charge is 2.25. The predicted octanol–water partition coefficient (Wildman–Crippen LogP) is 10.9. The lowest BCUT2D eigenvalue weighted by Gasteiger charge is -2.23. The van der Waals surface area contributed by atoms with Crippen LogP contribution in [0.1, 0.15) is 58.4 Å². The highest BCUT2D eigenvalue weighted by Crippen LogP contribution is 2.46. The van der Waals surface area contributed by atoms with E-state index >= 15 is 0 Å². The van der Waals surface area contributed by atoms with Crippen LogP contribution >= 0.6 is 0 Å². The Morgan fingerprint density at radius 3 is 1.21 bits per heavy atom. The van der Waals surface area contributed by atoms with Gasteiger partial charge in [0.2, 0.25) is 0 Å². The molecular weight excluding hydrogens is 572 g/mol. The SMILES string of the molecule is CCc1ccccc1-c1c(Cc2ccccc2)ccc(C#N)c1Oc1c(C#N)ccc(Cc2ccccc2)c1-c1ccccc1CC. The number of aryl methyl sites for hydroxylation is 2. The number of ether oxygens (including phenoxy) is 1. The Morgan fingerprint density at radius 1 is 0.447 bits per heavy atom. The molecule has 6 rings (SSSR count). The Labute approximate surface area is 278 Å². The van der Waals surface area contributed by atoms with Crippen LogP contribution in [0.5, 0.6) is 11.5 Å². The predicted molar refractivity (Wildman–Crippen MR) is 191 cm³/mol. The molecule has 0 aliphatic heterocycles. The molecule has 228 valence electrons. The van der Waals surface area contributed by atoms with Gasteiger partial charge in [0.25, 0.3) is 0 Å². The standard InChI is InChI=1S/C44H36N2O/c1-3-33-19-11-13-21-39(33)41-35(27-31-15-7-5-8-16-31)23-25-37(29-45)43(41)47-44-38(30-46)26-24-36(28-32-17-9-6-10-18-32)42(44)40-22-14-12-20-34(40)4-2/h5-26H,3-4,27-28H2,1-2H3. The van der Waals surface area contributed by atoms with Crippen molar-refractivity contribution in [1.29, 1.82) is 10.5 Å². The fraction of sp³-hybridized carbons (Fsp3) is 0.136. The molecule has 0 fully saturated rings. The van der Waals surface area contributed by atoms with Gasteiger partial charge in [0, 0.05) is 11.1 Å². The maximum atomic E-state index is 10.5. The van der Waals surface area contributed by atoms with E-state index in [1.807, 2.05) is 72.8 Å². The molecule has 0 N–H and O–H groups in total. The minimum atomic E-state index is 0.426. The van der Waals surface area contributed by atoms with Gasteiger partial charge in [-0.1, -0.05) is 135 Å². The van der Waals surface area contributed by atoms with Crippen molar-refractivity contribution in [3.8, 4) is 45.9 Å². The molecule has 47 heavy (non-hydrogen) atoms. The van der Waals surface area contributed by atoms with E-state index in [2.05, 4.69) is 86.6 Å². The first kappa shape index (κ1) is 31.1. The van der Waals surface area contributed by atoms with Crippen molar-refractivity contribution < 1.29 is 4.74 Å². The summed E-state index contributed by atoms with van der Waals surface area (Å²) in [5.41, 5.74) is 11.5. The van der Waals surface area contributed by atoms with Gasteiger partial charge in [-0.25, -0.2) is 0 Å². The smallest absolute Gasteiger partial charge is 0.153 e. The number of nitriles is 2. The maximum Gasteiger partial charge on any atom is 0.153 e. The molecule has 0 amide bonds. The third kappa shape index (κ3) is 6.57. The average molecular weight is 609 g/mol. The zero-order chi connectivity index (χ0) is 32.6. The molecule has 0 atom stereocenters. The topological polar surface area (TPSA) is 56.8 Å². The Balaban J connectivity index is 1.65. The van der Waals surface area contributed by atoms with Crippen molar-refractivity contribution in [2.24, 2.45) is 0 Å². The fourth-order valence-corrected chi connectivity index (χ4v) is 6.40. The van der Waals surface area contributed by atoms with Crippen LogP contribution in [0.2, 0.25) is 0 Å². The van der Waals surface area contributed by atoms with E-state index in [4.69, 9.17) is 4.74 Å². The van der Waals surface area contributed by atoms with Crippen molar-refractivity contribution in [3.05, 3.63) is 178 Å². The first-order valence-electron chi connectivity index (χ1n) is 16.2. The van der Waals surface area contributed by atoms with Crippen LogP contribution in [-0.2, 0) is 25.7 Å². The van der Waals surface area contributed by atoms with Gasteiger partial charge < -0.3 is 4.74 Å². The van der Waals surface area contributed by atoms with Gasteiger partial charge in [-0.05, 0) is 82.3 Å². The summed E-state index contributed by atoms with van der Waals surface area (Å²) >= 11 is 0. The van der Waals surface area contributed by atoms with Gasteiger partial charge in [-0.2, -0.15) is 10.5 Å². The second-order valence-corrected chi connectivity index (χ2v) is 11.6. The van der Waals surface area contributed by atoms with E-state index in [1.165, 1.54) is 11.1 Å². The van der Waals surface area contributed by atoms with Crippen LogP contribution in [0.3, 0.4) is 0 Å². The minimum absolute atomic E-state index is 0.426. The molecule has 0 spiro atoms. The first-order chi connectivity index (χ1) is 23.1. The summed E-state index contributed by atoms with van der Waals surface area (Å²) in [5, 5.41) is 21.0. The molecule has 0 unspecified atom stereocenters. The van der Waals surface area contributed by atoms with Crippen molar-refractivity contribution in [1.82, 2.24) is 0 Å². The molecule has 0 saturated heterocycles. The second-order valence-electron chi connectivity index (χ2n) is 11.6. The van der Waals surface area contributed by atoms with Crippen LogP contribution in [0, 0.1) is 22.7 Å². The van der Waals surface area contributed by atoms with Crippen molar-refractivity contribution in [2.75, 3.05) is 0 Å². The van der Waals surface area contributed by atoms with E-state index < -0.39 is 0 Å². The summed E-state index contributed by atoms with van der Waals surface area (Å²) in [5.74, 6) is 0.954. The molecule has 6 aromatic carbocycles. The molecule has 0 heterocycles. The maximum absolute atomic E-state index is 10.5. The van der Waals surface area contributed by atoms with Gasteiger partial charge >= 0.3 is 0 Å². The number of rotatable bonds is 10. The van der Waals surface area contributed by atoms with Crippen molar-refractivity contribution >= 4 is 0 Å². The monoisotopic (exact) mass is 608 g/mol. The molecule has 0 aromatic heterocycles. The van der Waals surface area contributed by atoms with E-state index in [0.29, 0.717) is 35.5 Å². The quantitative estimate of drug-likeness (QED) is 0.155. The van der Waals surface area contributed by atoms with E-state index in [0.717, 1.165) is 57.3 Å². The summed E-state index contributed by atoms with van der Waals surface area (Å²) in [4.78, 5) is 0. The molecule has 6 aromatic rings. The highest BCUT2D eigenvalue weighted by molar-refractivity contribution is 5.84. The molecule has 3 heteroatoms. The third-order valence-corrected chi connectivity index (χ3v) is 8.74. The molecule has 0 aliphatic carbocycles. The summed E-state index contributed by atoms with van der Waals surface area (Å²) < 4.78 is 7.10. The van der Waals surface area contributed by atoms with Gasteiger partial charge in [0.15, 0.2) is 11.5 Å². The molecular formula is C44H36N2O.